The van der Waals surface area contributed by atoms with E-state index >= 15 is 0 Å². The van der Waals surface area contributed by atoms with E-state index in [1.165, 1.54) is 0 Å². The van der Waals surface area contributed by atoms with Crippen molar-refractivity contribution in [1.29, 1.82) is 0 Å². The maximum Gasteiger partial charge on any atom is 0.250 e. The number of primary amides is 1. The number of amides is 1. The van der Waals surface area contributed by atoms with Crippen LogP contribution in [0.15, 0.2) is 48.7 Å². The summed E-state index contributed by atoms with van der Waals surface area (Å²) in [5.41, 5.74) is 9.98. The molecule has 0 bridgehead atoms. The summed E-state index contributed by atoms with van der Waals surface area (Å²) in [4.78, 5) is 17.7. The lowest BCUT2D eigenvalue weighted by Crippen LogP contribution is -2.52. The molecule has 2 aliphatic heterocycles. The number of aromatic nitrogens is 1. The number of carbonyl (C=O) groups is 1. The number of nitrogens with one attached hydrogen (secondary N) is 2. The van der Waals surface area contributed by atoms with Crippen LogP contribution in [0, 0.1) is 0 Å². The zero-order chi connectivity index (χ0) is 26.7. The number of piperazine rings is 1. The van der Waals surface area contributed by atoms with Gasteiger partial charge in [-0.2, -0.15) is 0 Å². The van der Waals surface area contributed by atoms with Crippen molar-refractivity contribution in [3.05, 3.63) is 59.8 Å². The van der Waals surface area contributed by atoms with Crippen LogP contribution in [0.5, 0.6) is 0 Å². The van der Waals surface area contributed by atoms with Gasteiger partial charge < -0.3 is 21.1 Å². The summed E-state index contributed by atoms with van der Waals surface area (Å²) in [5, 5.41) is 13.5. The molecule has 1 aromatic heterocycles. The van der Waals surface area contributed by atoms with Gasteiger partial charge >= 0.3 is 0 Å². The fourth-order valence-corrected chi connectivity index (χ4v) is 7.36. The molecule has 2 aliphatic rings. The van der Waals surface area contributed by atoms with Gasteiger partial charge in [-0.1, -0.05) is 30.3 Å². The van der Waals surface area contributed by atoms with Crippen molar-refractivity contribution in [3.63, 3.8) is 0 Å². The molecule has 1 unspecified atom stereocenters. The Labute approximate surface area is 224 Å². The van der Waals surface area contributed by atoms with Crippen LogP contribution in [0.25, 0.3) is 22.0 Å². The summed E-state index contributed by atoms with van der Waals surface area (Å²) in [6.07, 6.45) is 4.08. The molecule has 1 amide bonds. The molecule has 9 nitrogen and oxygen atoms in total. The first-order valence-electron chi connectivity index (χ1n) is 13.4. The van der Waals surface area contributed by atoms with Crippen LogP contribution in [0.3, 0.4) is 0 Å². The molecule has 2 saturated heterocycles. The molecule has 0 aliphatic carbocycles. The average Bonchev–Trinajstić information content (AvgIpc) is 3.36. The Hall–Kier alpha value is -2.76. The second-order valence-electron chi connectivity index (χ2n) is 10.4. The third kappa shape index (κ3) is 5.79. The number of aliphatic hydroxyl groups excluding tert-OH is 1. The molecular formula is C28H37N5O4S. The van der Waals surface area contributed by atoms with E-state index in [2.05, 4.69) is 21.3 Å². The first-order chi connectivity index (χ1) is 18.4. The van der Waals surface area contributed by atoms with Gasteiger partial charge in [-0.25, -0.2) is 12.7 Å². The Kier molecular flexibility index (Phi) is 8.15. The van der Waals surface area contributed by atoms with Crippen LogP contribution in [0.1, 0.15) is 41.1 Å². The lowest BCUT2D eigenvalue weighted by molar-refractivity contribution is 0.100. The first kappa shape index (κ1) is 26.8. The van der Waals surface area contributed by atoms with Crippen molar-refractivity contribution in [2.75, 3.05) is 51.6 Å². The van der Waals surface area contributed by atoms with Gasteiger partial charge in [0.1, 0.15) is 0 Å². The fourth-order valence-electron chi connectivity index (χ4n) is 5.85. The summed E-state index contributed by atoms with van der Waals surface area (Å²) >= 11 is 0. The molecule has 38 heavy (non-hydrogen) atoms. The Balaban J connectivity index is 1.27. The van der Waals surface area contributed by atoms with E-state index in [1.807, 2.05) is 42.6 Å². The van der Waals surface area contributed by atoms with Crippen molar-refractivity contribution in [1.82, 2.24) is 19.5 Å². The van der Waals surface area contributed by atoms with E-state index in [0.29, 0.717) is 31.6 Å². The minimum Gasteiger partial charge on any atom is -0.396 e. The van der Waals surface area contributed by atoms with Crippen LogP contribution >= 0.6 is 0 Å². The van der Waals surface area contributed by atoms with E-state index in [-0.39, 0.29) is 24.3 Å². The quantitative estimate of drug-likeness (QED) is 0.329. The number of H-pyrrole nitrogens is 1. The SMILES string of the molecule is NC(=O)c1cc(-c2ccccc2)cc2c(C3CCN(S(=O)(=O)CCN4CCNC(CCO)C4)CC3)c[nH]c12. The number of sulfonamides is 1. The molecule has 0 radical (unpaired) electrons. The summed E-state index contributed by atoms with van der Waals surface area (Å²) in [7, 11) is -3.36. The highest BCUT2D eigenvalue weighted by Crippen LogP contribution is 2.37. The maximum absolute atomic E-state index is 13.1. The van der Waals surface area contributed by atoms with Gasteiger partial charge in [0, 0.05) is 63.5 Å². The van der Waals surface area contributed by atoms with Crippen molar-refractivity contribution in [3.8, 4) is 11.1 Å². The summed E-state index contributed by atoms with van der Waals surface area (Å²) < 4.78 is 27.9. The Bertz CT molecular complexity index is 1360. The normalized spacial score (nSPS) is 20.2. The number of benzene rings is 2. The molecule has 2 fully saturated rings. The third-order valence-corrected chi connectivity index (χ3v) is 9.81. The number of carbonyl (C=O) groups excluding carboxylic acids is 1. The molecule has 3 heterocycles. The average molecular weight is 540 g/mol. The van der Waals surface area contributed by atoms with E-state index < -0.39 is 15.9 Å². The monoisotopic (exact) mass is 539 g/mol. The van der Waals surface area contributed by atoms with E-state index in [1.54, 1.807) is 4.31 Å². The van der Waals surface area contributed by atoms with Gasteiger partial charge in [0.25, 0.3) is 5.91 Å². The highest BCUT2D eigenvalue weighted by molar-refractivity contribution is 7.89. The van der Waals surface area contributed by atoms with E-state index in [0.717, 1.165) is 60.1 Å². The molecule has 3 aromatic rings. The van der Waals surface area contributed by atoms with Crippen LogP contribution < -0.4 is 11.1 Å². The molecule has 5 N–H and O–H groups in total. The number of hydrogen-bond acceptors (Lipinski definition) is 6. The van der Waals surface area contributed by atoms with Gasteiger partial charge in [0.05, 0.1) is 16.8 Å². The molecular weight excluding hydrogens is 502 g/mol. The topological polar surface area (TPSA) is 132 Å². The van der Waals surface area contributed by atoms with Gasteiger partial charge in [0.15, 0.2) is 0 Å². The summed E-state index contributed by atoms with van der Waals surface area (Å²) in [6.45, 7) is 3.99. The van der Waals surface area contributed by atoms with Gasteiger partial charge in [-0.15, -0.1) is 0 Å². The standard InChI is InChI=1S/C28H37N5O4S/c29-28(35)25-17-22(20-4-2-1-3-5-20)16-24-26(18-31-27(24)25)21-6-10-33(11-7-21)38(36,37)15-13-32-12-9-30-23(19-32)8-14-34/h1-5,16-18,21,23,30-31,34H,6-15,19H2,(H2,29,35). The van der Waals surface area contributed by atoms with E-state index in [4.69, 9.17) is 5.73 Å². The minimum atomic E-state index is -3.36. The van der Waals surface area contributed by atoms with Crippen LogP contribution in [0.4, 0.5) is 0 Å². The summed E-state index contributed by atoms with van der Waals surface area (Å²) in [6, 6.07) is 14.0. The van der Waals surface area contributed by atoms with Crippen molar-refractivity contribution in [2.45, 2.75) is 31.2 Å². The highest BCUT2D eigenvalue weighted by atomic mass is 32.2. The number of hydrogen-bond donors (Lipinski definition) is 4. The van der Waals surface area contributed by atoms with Crippen LogP contribution in [-0.4, -0.2) is 91.3 Å². The Morgan fingerprint density at radius 2 is 1.84 bits per heavy atom. The number of piperidine rings is 1. The number of nitrogens with zero attached hydrogens (tertiary/aromatic N) is 2. The second-order valence-corrected chi connectivity index (χ2v) is 12.5. The molecule has 204 valence electrons. The number of aliphatic hydroxyl groups is 1. The maximum atomic E-state index is 13.1. The molecule has 0 saturated carbocycles. The zero-order valence-corrected chi connectivity index (χ0v) is 22.4. The van der Waals surface area contributed by atoms with Crippen molar-refractivity contribution in [2.24, 2.45) is 5.73 Å². The summed E-state index contributed by atoms with van der Waals surface area (Å²) in [5.74, 6) is -0.178. The lowest BCUT2D eigenvalue weighted by Gasteiger charge is -2.35. The number of fused-ring (bicyclic) bond motifs is 1. The smallest absolute Gasteiger partial charge is 0.250 e. The van der Waals surface area contributed by atoms with Crippen LogP contribution in [0.2, 0.25) is 0 Å². The largest absolute Gasteiger partial charge is 0.396 e. The van der Waals surface area contributed by atoms with Gasteiger partial charge in [-0.3, -0.25) is 9.69 Å². The first-order valence-corrected chi connectivity index (χ1v) is 15.0. The predicted molar refractivity (Wildman–Crippen MR) is 150 cm³/mol. The second kappa shape index (κ2) is 11.5. The number of aromatic amines is 1. The Morgan fingerprint density at radius 1 is 1.08 bits per heavy atom. The fraction of sp³-hybridized carbons (Fsp3) is 0.464. The predicted octanol–water partition coefficient (Wildman–Crippen LogP) is 2.10. The molecule has 5 rings (SSSR count). The minimum absolute atomic E-state index is 0.110. The van der Waals surface area contributed by atoms with Gasteiger partial charge in [-0.05, 0) is 54.0 Å². The zero-order valence-electron chi connectivity index (χ0n) is 21.6. The molecule has 0 spiro atoms. The molecule has 1 atom stereocenters. The Morgan fingerprint density at radius 3 is 2.55 bits per heavy atom. The highest BCUT2D eigenvalue weighted by Gasteiger charge is 2.31. The number of nitrogens with two attached hydrogens (primary N) is 1. The molecule has 2 aromatic carbocycles. The van der Waals surface area contributed by atoms with Gasteiger partial charge in [0.2, 0.25) is 10.0 Å². The lowest BCUT2D eigenvalue weighted by atomic mass is 9.88. The number of rotatable bonds is 9. The van der Waals surface area contributed by atoms with E-state index in [9.17, 15) is 18.3 Å². The van der Waals surface area contributed by atoms with Crippen LogP contribution in [-0.2, 0) is 10.0 Å². The third-order valence-electron chi connectivity index (χ3n) is 7.96. The molecule has 10 heteroatoms. The van der Waals surface area contributed by atoms with Crippen molar-refractivity contribution >= 4 is 26.8 Å². The van der Waals surface area contributed by atoms with Crippen molar-refractivity contribution < 1.29 is 18.3 Å².